The van der Waals surface area contributed by atoms with Crippen LogP contribution in [-0.2, 0) is 0 Å². The van der Waals surface area contributed by atoms with E-state index < -0.39 is 5.82 Å². The fraction of sp³-hybridized carbons (Fsp3) is 0.500. The molecule has 5 heteroatoms. The topological polar surface area (TPSA) is 42.0 Å². The van der Waals surface area contributed by atoms with Crippen molar-refractivity contribution < 1.29 is 9.18 Å². The van der Waals surface area contributed by atoms with Gasteiger partial charge in [0.25, 0.3) is 5.91 Å². The minimum atomic E-state index is -0.502. The molecule has 1 aromatic heterocycles. The Kier molecular flexibility index (Phi) is 5.05. The first-order chi connectivity index (χ1) is 7.94. The summed E-state index contributed by atoms with van der Waals surface area (Å²) in [5.74, 6) is -0.794. The van der Waals surface area contributed by atoms with E-state index in [-0.39, 0.29) is 16.9 Å². The fourth-order valence-electron chi connectivity index (χ4n) is 1.30. The van der Waals surface area contributed by atoms with Crippen LogP contribution in [0.3, 0.4) is 0 Å². The molecular weight excluding hydrogens is 287 g/mol. The molecule has 0 spiro atoms. The lowest BCUT2D eigenvalue weighted by molar-refractivity contribution is 0.0935. The highest BCUT2D eigenvalue weighted by Gasteiger charge is 2.18. The number of carbonyl (C=O) groups is 1. The highest BCUT2D eigenvalue weighted by atomic mass is 79.9. The standard InChI is InChI=1S/C12H16BrFN2O/c1-12(2,3-4-13)8-16-11(17)9-5-10(14)7-15-6-9/h5-7H,3-4,8H2,1-2H3,(H,16,17). The van der Waals surface area contributed by atoms with Crippen molar-refractivity contribution in [2.75, 3.05) is 11.9 Å². The second-order valence-corrected chi connectivity index (χ2v) is 5.47. The van der Waals surface area contributed by atoms with Crippen molar-refractivity contribution in [2.24, 2.45) is 5.41 Å². The van der Waals surface area contributed by atoms with Gasteiger partial charge < -0.3 is 5.32 Å². The van der Waals surface area contributed by atoms with Crippen LogP contribution in [0.5, 0.6) is 0 Å². The summed E-state index contributed by atoms with van der Waals surface area (Å²) in [6.07, 6.45) is 3.39. The van der Waals surface area contributed by atoms with E-state index >= 15 is 0 Å². The molecule has 0 atom stereocenters. The number of alkyl halides is 1. The molecule has 1 aromatic rings. The first-order valence-electron chi connectivity index (χ1n) is 5.39. The Balaban J connectivity index is 2.56. The summed E-state index contributed by atoms with van der Waals surface area (Å²) >= 11 is 3.37. The molecule has 0 radical (unpaired) electrons. The van der Waals surface area contributed by atoms with Crippen LogP contribution in [0.1, 0.15) is 30.6 Å². The van der Waals surface area contributed by atoms with Gasteiger partial charge in [0.1, 0.15) is 5.82 Å². The predicted molar refractivity (Wildman–Crippen MR) is 68.7 cm³/mol. The Labute approximate surface area is 109 Å². The van der Waals surface area contributed by atoms with Crippen molar-refractivity contribution in [3.63, 3.8) is 0 Å². The van der Waals surface area contributed by atoms with Crippen LogP contribution in [-0.4, -0.2) is 22.8 Å². The van der Waals surface area contributed by atoms with Crippen molar-refractivity contribution >= 4 is 21.8 Å². The van der Waals surface area contributed by atoms with Crippen LogP contribution in [0.25, 0.3) is 0 Å². The second kappa shape index (κ2) is 6.10. The zero-order valence-electron chi connectivity index (χ0n) is 9.96. The number of pyridine rings is 1. The largest absolute Gasteiger partial charge is 0.351 e. The van der Waals surface area contributed by atoms with Crippen molar-refractivity contribution in [3.8, 4) is 0 Å². The third kappa shape index (κ3) is 4.81. The first-order valence-corrected chi connectivity index (χ1v) is 6.51. The molecule has 0 aliphatic heterocycles. The molecule has 0 aliphatic rings. The fourth-order valence-corrected chi connectivity index (χ4v) is 2.38. The number of carbonyl (C=O) groups excluding carboxylic acids is 1. The van der Waals surface area contributed by atoms with Crippen molar-refractivity contribution in [2.45, 2.75) is 20.3 Å². The quantitative estimate of drug-likeness (QED) is 0.850. The van der Waals surface area contributed by atoms with Crippen LogP contribution in [0.2, 0.25) is 0 Å². The van der Waals surface area contributed by atoms with Gasteiger partial charge in [-0.2, -0.15) is 0 Å². The van der Waals surface area contributed by atoms with Gasteiger partial charge in [-0.1, -0.05) is 29.8 Å². The van der Waals surface area contributed by atoms with Gasteiger partial charge in [0.05, 0.1) is 11.8 Å². The average molecular weight is 303 g/mol. The molecule has 3 nitrogen and oxygen atoms in total. The summed E-state index contributed by atoms with van der Waals surface area (Å²) in [6, 6.07) is 1.18. The van der Waals surface area contributed by atoms with Gasteiger partial charge >= 0.3 is 0 Å². The van der Waals surface area contributed by atoms with E-state index in [0.29, 0.717) is 6.54 Å². The molecule has 0 unspecified atom stereocenters. The van der Waals surface area contributed by atoms with Gasteiger partial charge in [0.2, 0.25) is 0 Å². The van der Waals surface area contributed by atoms with Crippen molar-refractivity contribution in [3.05, 3.63) is 29.8 Å². The Morgan fingerprint density at radius 3 is 2.82 bits per heavy atom. The average Bonchev–Trinajstić information content (AvgIpc) is 2.26. The van der Waals surface area contributed by atoms with Gasteiger partial charge in [-0.15, -0.1) is 0 Å². The van der Waals surface area contributed by atoms with E-state index in [0.717, 1.165) is 17.9 Å². The predicted octanol–water partition coefficient (Wildman–Crippen LogP) is 2.76. The molecule has 1 heterocycles. The summed E-state index contributed by atoms with van der Waals surface area (Å²) in [5.41, 5.74) is 0.263. The molecule has 0 aliphatic carbocycles. The Bertz CT molecular complexity index is 396. The summed E-state index contributed by atoms with van der Waals surface area (Å²) in [7, 11) is 0. The van der Waals surface area contributed by atoms with Gasteiger partial charge in [0.15, 0.2) is 0 Å². The van der Waals surface area contributed by atoms with Crippen LogP contribution in [0.15, 0.2) is 18.5 Å². The molecule has 1 amide bonds. The van der Waals surface area contributed by atoms with Gasteiger partial charge in [-0.3, -0.25) is 9.78 Å². The summed E-state index contributed by atoms with van der Waals surface area (Å²) in [6.45, 7) is 4.69. The molecule has 0 fully saturated rings. The number of nitrogens with zero attached hydrogens (tertiary/aromatic N) is 1. The molecular formula is C12H16BrFN2O. The summed E-state index contributed by atoms with van der Waals surface area (Å²) in [5, 5.41) is 3.67. The summed E-state index contributed by atoms with van der Waals surface area (Å²) in [4.78, 5) is 15.4. The van der Waals surface area contributed by atoms with E-state index in [1.807, 2.05) is 0 Å². The molecule has 1 rings (SSSR count). The SMILES string of the molecule is CC(C)(CCBr)CNC(=O)c1cncc(F)c1. The van der Waals surface area contributed by atoms with E-state index in [2.05, 4.69) is 40.1 Å². The van der Waals surface area contributed by atoms with E-state index in [1.165, 1.54) is 12.3 Å². The molecule has 0 bridgehead atoms. The zero-order chi connectivity index (χ0) is 12.9. The minimum absolute atomic E-state index is 0.0138. The Morgan fingerprint density at radius 1 is 1.53 bits per heavy atom. The van der Waals surface area contributed by atoms with Crippen molar-refractivity contribution in [1.29, 1.82) is 0 Å². The number of nitrogens with one attached hydrogen (secondary N) is 1. The Morgan fingerprint density at radius 2 is 2.24 bits per heavy atom. The maximum atomic E-state index is 12.9. The van der Waals surface area contributed by atoms with Gasteiger partial charge in [-0.25, -0.2) is 4.39 Å². The van der Waals surface area contributed by atoms with E-state index in [1.54, 1.807) is 0 Å². The van der Waals surface area contributed by atoms with Crippen LogP contribution in [0, 0.1) is 11.2 Å². The number of rotatable bonds is 5. The van der Waals surface area contributed by atoms with Crippen LogP contribution < -0.4 is 5.32 Å². The lowest BCUT2D eigenvalue weighted by atomic mass is 9.90. The number of halogens is 2. The third-order valence-corrected chi connectivity index (χ3v) is 2.86. The highest BCUT2D eigenvalue weighted by Crippen LogP contribution is 2.20. The first kappa shape index (κ1) is 14.1. The number of amides is 1. The Hall–Kier alpha value is -0.970. The summed E-state index contributed by atoms with van der Waals surface area (Å²) < 4.78 is 12.9. The maximum Gasteiger partial charge on any atom is 0.252 e. The lowest BCUT2D eigenvalue weighted by Gasteiger charge is -2.23. The van der Waals surface area contributed by atoms with Crippen LogP contribution in [0.4, 0.5) is 4.39 Å². The second-order valence-electron chi connectivity index (χ2n) is 4.68. The molecule has 1 N–H and O–H groups in total. The van der Waals surface area contributed by atoms with Gasteiger partial charge in [0, 0.05) is 18.1 Å². The highest BCUT2D eigenvalue weighted by molar-refractivity contribution is 9.09. The zero-order valence-corrected chi connectivity index (χ0v) is 11.6. The normalized spacial score (nSPS) is 11.3. The smallest absolute Gasteiger partial charge is 0.252 e. The minimum Gasteiger partial charge on any atom is -0.351 e. The molecule has 0 saturated carbocycles. The number of aromatic nitrogens is 1. The molecule has 0 aromatic carbocycles. The molecule has 17 heavy (non-hydrogen) atoms. The molecule has 0 saturated heterocycles. The van der Waals surface area contributed by atoms with Crippen molar-refractivity contribution in [1.82, 2.24) is 10.3 Å². The van der Waals surface area contributed by atoms with Crippen LogP contribution >= 0.6 is 15.9 Å². The lowest BCUT2D eigenvalue weighted by Crippen LogP contribution is -2.34. The number of hydrogen-bond acceptors (Lipinski definition) is 2. The van der Waals surface area contributed by atoms with E-state index in [4.69, 9.17) is 0 Å². The monoisotopic (exact) mass is 302 g/mol. The van der Waals surface area contributed by atoms with E-state index in [9.17, 15) is 9.18 Å². The number of hydrogen-bond donors (Lipinski definition) is 1. The van der Waals surface area contributed by atoms with Gasteiger partial charge in [-0.05, 0) is 17.9 Å². The molecule has 94 valence electrons. The third-order valence-electron chi connectivity index (χ3n) is 2.47. The maximum absolute atomic E-state index is 12.9.